The van der Waals surface area contributed by atoms with Crippen molar-refractivity contribution in [1.29, 1.82) is 0 Å². The molecule has 0 radical (unpaired) electrons. The smallest absolute Gasteiger partial charge is 0.303 e. The molecule has 9 nitrogen and oxygen atoms in total. The summed E-state index contributed by atoms with van der Waals surface area (Å²) in [6, 6.07) is 8.10. The number of carbonyl (C=O) groups excluding carboxylic acids is 1. The van der Waals surface area contributed by atoms with Crippen LogP contribution in [0.5, 0.6) is 0 Å². The minimum Gasteiger partial charge on any atom is -0.481 e. The minimum absolute atomic E-state index is 0.0156. The van der Waals surface area contributed by atoms with Crippen LogP contribution in [0.15, 0.2) is 37.4 Å². The topological polar surface area (TPSA) is 127 Å². The van der Waals surface area contributed by atoms with E-state index in [2.05, 4.69) is 54.4 Å². The second kappa shape index (κ2) is 13.8. The van der Waals surface area contributed by atoms with Crippen LogP contribution in [-0.2, 0) is 9.59 Å². The number of aromatic nitrogens is 4. The van der Waals surface area contributed by atoms with E-state index >= 15 is 0 Å². The summed E-state index contributed by atoms with van der Waals surface area (Å²) in [5.74, 6) is -0.882. The van der Waals surface area contributed by atoms with E-state index in [0.717, 1.165) is 90.2 Å². The number of H-pyrrole nitrogens is 2. The Kier molecular flexibility index (Phi) is 9.77. The average molecular weight is 633 g/mol. The van der Waals surface area contributed by atoms with Gasteiger partial charge in [-0.15, -0.1) is 0 Å². The molecule has 0 unspecified atom stereocenters. The van der Waals surface area contributed by atoms with E-state index in [1.165, 1.54) is 0 Å². The van der Waals surface area contributed by atoms with Crippen LogP contribution in [0.1, 0.15) is 84.6 Å². The summed E-state index contributed by atoms with van der Waals surface area (Å²) < 4.78 is 0. The van der Waals surface area contributed by atoms with Gasteiger partial charge in [-0.2, -0.15) is 0 Å². The van der Waals surface area contributed by atoms with E-state index in [1.54, 1.807) is 0 Å². The van der Waals surface area contributed by atoms with Crippen LogP contribution < -0.4 is 5.32 Å². The standard InChI is InChI=1S/C38H44N6O3/c1-9-25-21(3)29-17-30-23(5)27(11-13-37(45)39-15-16-44(7)8)35(42-30)20-36-28(12-14-38(46)47)24(6)32(43-36)19-34-26(10-2)22(4)31(41-34)18-33(25)40-29/h9-10,17-20,40-41H,1-2,11-16H2,3-8H3,(H,39,45)(H,46,47). The zero-order valence-corrected chi connectivity index (χ0v) is 28.2. The van der Waals surface area contributed by atoms with Crippen LogP contribution in [0, 0.1) is 13.8 Å². The van der Waals surface area contributed by atoms with Gasteiger partial charge >= 0.3 is 5.97 Å². The van der Waals surface area contributed by atoms with Crippen LogP contribution >= 0.6 is 0 Å². The number of carboxylic acids is 1. The summed E-state index contributed by atoms with van der Waals surface area (Å²) in [4.78, 5) is 43.8. The maximum absolute atomic E-state index is 12.8. The Morgan fingerprint density at radius 3 is 1.77 bits per heavy atom. The van der Waals surface area contributed by atoms with Gasteiger partial charge in [-0.1, -0.05) is 25.3 Å². The first kappa shape index (κ1) is 33.3. The third kappa shape index (κ3) is 6.90. The first-order chi connectivity index (χ1) is 22.4. The number of carboxylic acid groups (broad SMARTS) is 1. The highest BCUT2D eigenvalue weighted by molar-refractivity contribution is 5.97. The molecule has 0 aliphatic carbocycles. The molecule has 0 spiro atoms. The molecule has 9 heteroatoms. The van der Waals surface area contributed by atoms with Crippen molar-refractivity contribution >= 4 is 68.4 Å². The molecule has 0 atom stereocenters. The normalized spacial score (nSPS) is 13.0. The molecule has 0 aromatic carbocycles. The summed E-state index contributed by atoms with van der Waals surface area (Å²) in [5, 5.41) is 12.6. The maximum atomic E-state index is 12.8. The van der Waals surface area contributed by atoms with Crippen molar-refractivity contribution in [3.63, 3.8) is 0 Å². The van der Waals surface area contributed by atoms with Crippen LogP contribution in [0.2, 0.25) is 0 Å². The number of amides is 1. The molecule has 5 heterocycles. The molecule has 3 aromatic rings. The quantitative estimate of drug-likeness (QED) is 0.174. The fourth-order valence-corrected chi connectivity index (χ4v) is 6.28. The van der Waals surface area contributed by atoms with Gasteiger partial charge in [0.05, 0.1) is 22.8 Å². The van der Waals surface area contributed by atoms with Gasteiger partial charge < -0.3 is 25.3 Å². The van der Waals surface area contributed by atoms with Crippen molar-refractivity contribution in [2.45, 2.75) is 53.4 Å². The van der Waals surface area contributed by atoms with Crippen molar-refractivity contribution in [2.24, 2.45) is 0 Å². The summed E-state index contributed by atoms with van der Waals surface area (Å²) in [6.45, 7) is 17.7. The van der Waals surface area contributed by atoms with Crippen LogP contribution in [0.3, 0.4) is 0 Å². The van der Waals surface area contributed by atoms with Gasteiger partial charge in [-0.25, -0.2) is 9.97 Å². The number of allylic oxidation sites excluding steroid dienone is 4. The Hall–Kier alpha value is -5.02. The van der Waals surface area contributed by atoms with Crippen molar-refractivity contribution < 1.29 is 14.7 Å². The number of aromatic amines is 2. The summed E-state index contributed by atoms with van der Waals surface area (Å²) >= 11 is 0. The van der Waals surface area contributed by atoms with E-state index in [1.807, 2.05) is 57.1 Å². The highest BCUT2D eigenvalue weighted by atomic mass is 16.4. The van der Waals surface area contributed by atoms with E-state index in [0.29, 0.717) is 31.5 Å². The second-order valence-electron chi connectivity index (χ2n) is 12.5. The molecule has 1 amide bonds. The molecule has 47 heavy (non-hydrogen) atoms. The number of hydrogen-bond donors (Lipinski definition) is 4. The Labute approximate surface area is 275 Å². The zero-order chi connectivity index (χ0) is 34.0. The lowest BCUT2D eigenvalue weighted by molar-refractivity contribution is -0.136. The number of carbonyl (C=O) groups is 2. The number of aliphatic carboxylic acids is 1. The van der Waals surface area contributed by atoms with Gasteiger partial charge in [-0.3, -0.25) is 9.59 Å². The lowest BCUT2D eigenvalue weighted by Gasteiger charge is -2.11. The predicted octanol–water partition coefficient (Wildman–Crippen LogP) is 7.40. The Bertz CT molecular complexity index is 2020. The van der Waals surface area contributed by atoms with Gasteiger partial charge in [-0.05, 0) is 112 Å². The number of aryl methyl sites for hydroxylation is 2. The number of nitrogens with one attached hydrogen (secondary N) is 3. The van der Waals surface area contributed by atoms with E-state index < -0.39 is 5.97 Å². The number of rotatable bonds is 11. The first-order valence-electron chi connectivity index (χ1n) is 16.0. The Morgan fingerprint density at radius 2 is 1.26 bits per heavy atom. The molecule has 8 bridgehead atoms. The number of likely N-dealkylation sites (N-methyl/N-ethyl adjacent to an activating group) is 1. The molecule has 5 rings (SSSR count). The Balaban J connectivity index is 1.78. The van der Waals surface area contributed by atoms with Crippen molar-refractivity contribution in [1.82, 2.24) is 30.2 Å². The van der Waals surface area contributed by atoms with Gasteiger partial charge in [0.1, 0.15) is 0 Å². The van der Waals surface area contributed by atoms with Crippen LogP contribution in [0.4, 0.5) is 0 Å². The highest BCUT2D eigenvalue weighted by Gasteiger charge is 2.23. The molecule has 2 aliphatic heterocycles. The van der Waals surface area contributed by atoms with Crippen molar-refractivity contribution in [3.05, 3.63) is 82.5 Å². The molecule has 4 N–H and O–H groups in total. The largest absolute Gasteiger partial charge is 0.481 e. The summed E-state index contributed by atoms with van der Waals surface area (Å²) in [5.41, 5.74) is 14.5. The van der Waals surface area contributed by atoms with Crippen LogP contribution in [0.25, 0.3) is 56.5 Å². The number of nitrogens with zero attached hydrogens (tertiary/aromatic N) is 3. The van der Waals surface area contributed by atoms with E-state index in [4.69, 9.17) is 9.97 Å². The zero-order valence-electron chi connectivity index (χ0n) is 28.2. The van der Waals surface area contributed by atoms with Gasteiger partial charge in [0.25, 0.3) is 0 Å². The van der Waals surface area contributed by atoms with Gasteiger partial charge in [0.15, 0.2) is 0 Å². The molecule has 2 aliphatic rings. The lowest BCUT2D eigenvalue weighted by atomic mass is 9.98. The number of hydrogen-bond acceptors (Lipinski definition) is 5. The molecule has 0 saturated carbocycles. The first-order valence-corrected chi connectivity index (χ1v) is 16.0. The second-order valence-corrected chi connectivity index (χ2v) is 12.5. The molecule has 3 aromatic heterocycles. The average Bonchev–Trinajstić information content (AvgIpc) is 3.67. The van der Waals surface area contributed by atoms with E-state index in [9.17, 15) is 14.7 Å². The van der Waals surface area contributed by atoms with Crippen LogP contribution in [-0.4, -0.2) is 69.0 Å². The van der Waals surface area contributed by atoms with Crippen molar-refractivity contribution in [3.8, 4) is 0 Å². The van der Waals surface area contributed by atoms with Crippen molar-refractivity contribution in [2.75, 3.05) is 27.2 Å². The Morgan fingerprint density at radius 1 is 0.766 bits per heavy atom. The minimum atomic E-state index is -0.867. The molecular weight excluding hydrogens is 588 g/mol. The monoisotopic (exact) mass is 632 g/mol. The maximum Gasteiger partial charge on any atom is 0.303 e. The fraction of sp³-hybridized carbons (Fsp3) is 0.316. The molecule has 0 fully saturated rings. The van der Waals surface area contributed by atoms with E-state index in [-0.39, 0.29) is 12.3 Å². The third-order valence-electron chi connectivity index (χ3n) is 9.11. The fourth-order valence-electron chi connectivity index (χ4n) is 6.28. The lowest BCUT2D eigenvalue weighted by Crippen LogP contribution is -2.31. The highest BCUT2D eigenvalue weighted by Crippen LogP contribution is 2.38. The molecule has 0 saturated heterocycles. The van der Waals surface area contributed by atoms with Gasteiger partial charge in [0, 0.05) is 59.1 Å². The summed E-state index contributed by atoms with van der Waals surface area (Å²) in [7, 11) is 3.95. The molecular formula is C38H44N6O3. The van der Waals surface area contributed by atoms with Gasteiger partial charge in [0.2, 0.25) is 5.91 Å². The third-order valence-corrected chi connectivity index (χ3v) is 9.11. The number of fused-ring (bicyclic) bond motifs is 8. The molecule has 244 valence electrons. The SMILES string of the molecule is C=Cc1c(C)c2cc3[nH]c(cc4nc(cc5nc(cc1[nH]2)C(C)=C5CCC(=O)O)C(CCC(=O)NCCN(C)C)=C4C)c(C)c3C=C. The predicted molar refractivity (Wildman–Crippen MR) is 193 cm³/mol. The summed E-state index contributed by atoms with van der Waals surface area (Å²) in [6.07, 6.45) is 4.85.